The second kappa shape index (κ2) is 5.48. The number of nitrogens with one attached hydrogen (secondary N) is 1. The molecule has 0 spiro atoms. The number of hydrogen-bond acceptors (Lipinski definition) is 4. The summed E-state index contributed by atoms with van der Waals surface area (Å²) in [7, 11) is 0. The number of hydrogen-bond donors (Lipinski definition) is 1. The Morgan fingerprint density at radius 2 is 2.27 bits per heavy atom. The van der Waals surface area contributed by atoms with Crippen molar-refractivity contribution in [2.45, 2.75) is 38.6 Å². The molecule has 84 valence electrons. The SMILES string of the molecule is CCCCOC(=O)C[C@@H]1NC(=O)CC1=O. The molecule has 1 atom stereocenters. The number of ketones is 1. The van der Waals surface area contributed by atoms with Gasteiger partial charge in [0.25, 0.3) is 0 Å². The van der Waals surface area contributed by atoms with Crippen molar-refractivity contribution in [3.63, 3.8) is 0 Å². The minimum atomic E-state index is -0.674. The smallest absolute Gasteiger partial charge is 0.308 e. The Hall–Kier alpha value is -1.39. The second-order valence-electron chi connectivity index (χ2n) is 3.54. The van der Waals surface area contributed by atoms with Gasteiger partial charge in [-0.05, 0) is 6.42 Å². The second-order valence-corrected chi connectivity index (χ2v) is 3.54. The van der Waals surface area contributed by atoms with Gasteiger partial charge in [-0.3, -0.25) is 14.4 Å². The van der Waals surface area contributed by atoms with Gasteiger partial charge in [-0.1, -0.05) is 13.3 Å². The summed E-state index contributed by atoms with van der Waals surface area (Å²) in [6.45, 7) is 2.37. The molecule has 15 heavy (non-hydrogen) atoms. The lowest BCUT2D eigenvalue weighted by Gasteiger charge is -2.08. The van der Waals surface area contributed by atoms with Crippen molar-refractivity contribution in [2.75, 3.05) is 6.61 Å². The van der Waals surface area contributed by atoms with Gasteiger partial charge in [0.1, 0.15) is 0 Å². The van der Waals surface area contributed by atoms with Crippen LogP contribution in [0.15, 0.2) is 0 Å². The van der Waals surface area contributed by atoms with Crippen molar-refractivity contribution in [3.05, 3.63) is 0 Å². The molecule has 1 amide bonds. The van der Waals surface area contributed by atoms with E-state index in [-0.39, 0.29) is 24.5 Å². The number of carbonyl (C=O) groups excluding carboxylic acids is 3. The predicted molar refractivity (Wildman–Crippen MR) is 52.0 cm³/mol. The van der Waals surface area contributed by atoms with E-state index in [1.807, 2.05) is 6.92 Å². The van der Waals surface area contributed by atoms with Crippen LogP contribution in [0.2, 0.25) is 0 Å². The maximum absolute atomic E-state index is 11.2. The van der Waals surface area contributed by atoms with E-state index in [0.29, 0.717) is 6.61 Å². The van der Waals surface area contributed by atoms with Crippen molar-refractivity contribution in [3.8, 4) is 0 Å². The Bertz CT molecular complexity index is 275. The van der Waals surface area contributed by atoms with Gasteiger partial charge in [0, 0.05) is 0 Å². The summed E-state index contributed by atoms with van der Waals surface area (Å²) >= 11 is 0. The fraction of sp³-hybridized carbons (Fsp3) is 0.700. The molecule has 1 aliphatic rings. The molecule has 1 fully saturated rings. The van der Waals surface area contributed by atoms with E-state index in [4.69, 9.17) is 4.74 Å². The Balaban J connectivity index is 2.26. The van der Waals surface area contributed by atoms with Gasteiger partial charge in [0.05, 0.1) is 25.5 Å². The molecular weight excluding hydrogens is 198 g/mol. The van der Waals surface area contributed by atoms with Crippen molar-refractivity contribution < 1.29 is 19.1 Å². The number of amides is 1. The third-order valence-electron chi connectivity index (χ3n) is 2.19. The van der Waals surface area contributed by atoms with Gasteiger partial charge in [0.15, 0.2) is 5.78 Å². The fourth-order valence-corrected chi connectivity index (χ4v) is 1.33. The van der Waals surface area contributed by atoms with Crippen LogP contribution < -0.4 is 5.32 Å². The molecule has 0 unspecified atom stereocenters. The zero-order valence-corrected chi connectivity index (χ0v) is 8.75. The first kappa shape index (κ1) is 11.7. The van der Waals surface area contributed by atoms with Gasteiger partial charge < -0.3 is 10.1 Å². The van der Waals surface area contributed by atoms with Gasteiger partial charge in [-0.25, -0.2) is 0 Å². The van der Waals surface area contributed by atoms with Gasteiger partial charge in [0.2, 0.25) is 5.91 Å². The van der Waals surface area contributed by atoms with Crippen LogP contribution in [-0.4, -0.2) is 30.3 Å². The van der Waals surface area contributed by atoms with Crippen LogP contribution in [-0.2, 0) is 19.1 Å². The zero-order valence-electron chi connectivity index (χ0n) is 8.75. The van der Waals surface area contributed by atoms with E-state index < -0.39 is 12.0 Å². The highest BCUT2D eigenvalue weighted by Crippen LogP contribution is 2.07. The summed E-state index contributed by atoms with van der Waals surface area (Å²) in [6, 6.07) is -0.674. The van der Waals surface area contributed by atoms with Gasteiger partial charge in [-0.2, -0.15) is 0 Å². The normalized spacial score (nSPS) is 20.2. The van der Waals surface area contributed by atoms with Crippen LogP contribution in [0.3, 0.4) is 0 Å². The van der Waals surface area contributed by atoms with E-state index >= 15 is 0 Å². The van der Waals surface area contributed by atoms with Crippen LogP contribution in [0.1, 0.15) is 32.6 Å². The van der Waals surface area contributed by atoms with Crippen molar-refractivity contribution in [2.24, 2.45) is 0 Å². The molecule has 1 N–H and O–H groups in total. The number of rotatable bonds is 5. The van der Waals surface area contributed by atoms with Crippen LogP contribution >= 0.6 is 0 Å². The van der Waals surface area contributed by atoms with E-state index in [9.17, 15) is 14.4 Å². The van der Waals surface area contributed by atoms with Crippen LogP contribution in [0, 0.1) is 0 Å². The number of esters is 1. The molecule has 1 aliphatic heterocycles. The molecule has 1 heterocycles. The summed E-state index contributed by atoms with van der Waals surface area (Å²) in [6.07, 6.45) is 1.60. The summed E-state index contributed by atoms with van der Waals surface area (Å²) in [5, 5.41) is 2.44. The molecule has 0 aromatic carbocycles. The molecule has 0 bridgehead atoms. The lowest BCUT2D eigenvalue weighted by molar-refractivity contribution is -0.145. The Kier molecular flexibility index (Phi) is 4.27. The first-order valence-electron chi connectivity index (χ1n) is 5.11. The highest BCUT2D eigenvalue weighted by molar-refractivity contribution is 6.08. The maximum atomic E-state index is 11.2. The molecular formula is C10H15NO4. The number of unbranched alkanes of at least 4 members (excludes halogenated alkanes) is 1. The van der Waals surface area contributed by atoms with Crippen molar-refractivity contribution in [1.29, 1.82) is 0 Å². The third-order valence-corrected chi connectivity index (χ3v) is 2.19. The molecule has 0 aliphatic carbocycles. The van der Waals surface area contributed by atoms with Crippen molar-refractivity contribution in [1.82, 2.24) is 5.32 Å². The Morgan fingerprint density at radius 3 is 2.80 bits per heavy atom. The highest BCUT2D eigenvalue weighted by Gasteiger charge is 2.31. The average molecular weight is 213 g/mol. The molecule has 0 saturated carbocycles. The minimum absolute atomic E-state index is 0.0473. The maximum Gasteiger partial charge on any atom is 0.308 e. The van der Waals surface area contributed by atoms with E-state index in [1.165, 1.54) is 0 Å². The van der Waals surface area contributed by atoms with Crippen LogP contribution in [0.5, 0.6) is 0 Å². The number of carbonyl (C=O) groups is 3. The summed E-state index contributed by atoms with van der Waals surface area (Å²) in [4.78, 5) is 33.2. The molecule has 1 rings (SSSR count). The summed E-state index contributed by atoms with van der Waals surface area (Å²) in [5.41, 5.74) is 0. The van der Waals surface area contributed by atoms with Crippen molar-refractivity contribution >= 4 is 17.7 Å². The summed E-state index contributed by atoms with van der Waals surface area (Å²) in [5.74, 6) is -0.970. The molecule has 5 nitrogen and oxygen atoms in total. The molecule has 5 heteroatoms. The third kappa shape index (κ3) is 3.69. The molecule has 0 aromatic heterocycles. The first-order chi connectivity index (χ1) is 7.13. The van der Waals surface area contributed by atoms with E-state index in [1.54, 1.807) is 0 Å². The number of ether oxygens (including phenoxy) is 1. The lowest BCUT2D eigenvalue weighted by Crippen LogP contribution is -2.32. The fourth-order valence-electron chi connectivity index (χ4n) is 1.33. The standard InChI is InChI=1S/C10H15NO4/c1-2-3-4-15-10(14)5-7-8(12)6-9(13)11-7/h7H,2-6H2,1H3,(H,11,13)/t7-/m0/s1. The predicted octanol–water partition coefficient (Wildman–Crippen LogP) is 0.177. The first-order valence-corrected chi connectivity index (χ1v) is 5.11. The van der Waals surface area contributed by atoms with E-state index in [0.717, 1.165) is 12.8 Å². The topological polar surface area (TPSA) is 72.5 Å². The Morgan fingerprint density at radius 1 is 1.53 bits per heavy atom. The minimum Gasteiger partial charge on any atom is -0.466 e. The molecule has 0 aromatic rings. The largest absolute Gasteiger partial charge is 0.466 e. The number of Topliss-reactive ketones (excluding diaryl/α,β-unsaturated/α-hetero) is 1. The Labute approximate surface area is 88.2 Å². The zero-order chi connectivity index (χ0) is 11.3. The molecule has 0 radical (unpaired) electrons. The lowest BCUT2D eigenvalue weighted by atomic mass is 10.1. The van der Waals surface area contributed by atoms with E-state index in [2.05, 4.69) is 5.32 Å². The van der Waals surface area contributed by atoms with Crippen LogP contribution in [0.4, 0.5) is 0 Å². The van der Waals surface area contributed by atoms with Crippen LogP contribution in [0.25, 0.3) is 0 Å². The average Bonchev–Trinajstić information content (AvgIpc) is 2.45. The highest BCUT2D eigenvalue weighted by atomic mass is 16.5. The van der Waals surface area contributed by atoms with Gasteiger partial charge >= 0.3 is 5.97 Å². The summed E-state index contributed by atoms with van der Waals surface area (Å²) < 4.78 is 4.89. The monoisotopic (exact) mass is 213 g/mol. The quantitative estimate of drug-likeness (QED) is 0.401. The molecule has 1 saturated heterocycles. The van der Waals surface area contributed by atoms with Gasteiger partial charge in [-0.15, -0.1) is 0 Å².